The first-order valence-corrected chi connectivity index (χ1v) is 1.50. The molecule has 0 aromatic rings. The van der Waals surface area contributed by atoms with Gasteiger partial charge in [-0.05, 0) is 0 Å². The van der Waals surface area contributed by atoms with Gasteiger partial charge in [0.25, 0.3) is 0 Å². The SMILES string of the molecule is C[C-](C)C.[CH3-].[U].[W].[Y]. The molecular formula is C5H12UWY-2. The van der Waals surface area contributed by atoms with Crippen LogP contribution in [0.3, 0.4) is 0 Å². The second-order valence-corrected chi connectivity index (χ2v) is 1.50. The summed E-state index contributed by atoms with van der Waals surface area (Å²) in [4.78, 5) is 0. The molecule has 1 radical (unpaired) electrons. The number of hydrogen-bond donors (Lipinski definition) is 0. The fraction of sp³-hybridized carbons (Fsp3) is 0.600. The van der Waals surface area contributed by atoms with E-state index in [0.717, 1.165) is 0 Å². The molecule has 0 saturated carbocycles. The van der Waals surface area contributed by atoms with E-state index in [0.29, 0.717) is 0 Å². The molecule has 0 rings (SSSR count). The van der Waals surface area contributed by atoms with E-state index in [1.807, 2.05) is 0 Å². The predicted octanol–water partition coefficient (Wildman–Crippen LogP) is 2.07. The summed E-state index contributed by atoms with van der Waals surface area (Å²) >= 11 is 0. The summed E-state index contributed by atoms with van der Waals surface area (Å²) in [5.74, 6) is 1.42. The fourth-order valence-corrected chi connectivity index (χ4v) is 0. The van der Waals surface area contributed by atoms with Crippen LogP contribution in [0.4, 0.5) is 0 Å². The summed E-state index contributed by atoms with van der Waals surface area (Å²) in [5, 5.41) is 0. The fourth-order valence-electron chi connectivity index (χ4n) is 0. The van der Waals surface area contributed by atoms with Gasteiger partial charge in [0, 0.05) is 84.9 Å². The summed E-state index contributed by atoms with van der Waals surface area (Å²) in [7, 11) is 0. The average Bonchev–Trinajstić information content (AvgIpc) is 0.811. The Bertz CT molecular complexity index is 17.1. The molecule has 0 N–H and O–H groups in total. The molecule has 0 aliphatic carbocycles. The van der Waals surface area contributed by atoms with E-state index in [4.69, 9.17) is 0 Å². The van der Waals surface area contributed by atoms with Gasteiger partial charge in [-0.3, -0.25) is 0 Å². The average molecular weight is 583 g/mol. The maximum Gasteiger partial charge on any atom is 0 e. The third kappa shape index (κ3) is 67.3. The molecule has 8 heavy (non-hydrogen) atoms. The Morgan fingerprint density at radius 2 is 1.00 bits per heavy atom. The summed E-state index contributed by atoms with van der Waals surface area (Å²) in [6.07, 6.45) is 0. The summed E-state index contributed by atoms with van der Waals surface area (Å²) in [6.45, 7) is 6.25. The van der Waals surface area contributed by atoms with E-state index >= 15 is 0 Å². The third-order valence-corrected chi connectivity index (χ3v) is 0. The van der Waals surface area contributed by atoms with Gasteiger partial charge in [-0.15, -0.1) is 0 Å². The Labute approximate surface area is 117 Å². The van der Waals surface area contributed by atoms with Crippen LogP contribution in [0.2, 0.25) is 0 Å². The number of rotatable bonds is 0. The molecule has 0 saturated heterocycles. The largest absolute Gasteiger partial charge is 0.358 e. The van der Waals surface area contributed by atoms with Crippen LogP contribution in [-0.2, 0) is 53.8 Å². The van der Waals surface area contributed by atoms with Crippen LogP contribution in [0.15, 0.2) is 0 Å². The van der Waals surface area contributed by atoms with Gasteiger partial charge in [-0.25, -0.2) is 0 Å². The van der Waals surface area contributed by atoms with Crippen molar-refractivity contribution in [3.05, 3.63) is 13.3 Å². The van der Waals surface area contributed by atoms with Crippen LogP contribution in [0.1, 0.15) is 20.8 Å². The Morgan fingerprint density at radius 3 is 1.00 bits per heavy atom. The quantitative estimate of drug-likeness (QED) is 0.384. The molecule has 0 aromatic carbocycles. The Balaban J connectivity index is -0.00000000750. The monoisotopic (exact) mass is 583 g/mol. The maximum atomic E-state index is 2.08. The molecule has 0 nitrogen and oxygen atoms in total. The summed E-state index contributed by atoms with van der Waals surface area (Å²) in [5.41, 5.74) is 0. The van der Waals surface area contributed by atoms with Gasteiger partial charge < -0.3 is 13.3 Å². The molecule has 0 atom stereocenters. The number of hydrogen-bond acceptors (Lipinski definition) is 0. The second kappa shape index (κ2) is 22.5. The smallest absolute Gasteiger partial charge is 0 e. The Kier molecular flexibility index (Phi) is 86.7. The van der Waals surface area contributed by atoms with E-state index in [1.165, 1.54) is 5.92 Å². The molecule has 0 aliphatic rings. The Morgan fingerprint density at radius 1 is 1.00 bits per heavy atom. The van der Waals surface area contributed by atoms with Crippen LogP contribution in [0.25, 0.3) is 0 Å². The van der Waals surface area contributed by atoms with Crippen molar-refractivity contribution in [1.82, 2.24) is 0 Å². The van der Waals surface area contributed by atoms with Crippen LogP contribution in [0, 0.1) is 44.5 Å². The zero-order valence-electron chi connectivity index (χ0n) is 5.99. The predicted molar refractivity (Wildman–Crippen MR) is 26.7 cm³/mol. The van der Waals surface area contributed by atoms with Crippen molar-refractivity contribution in [3.8, 4) is 0 Å². The van der Waals surface area contributed by atoms with Gasteiger partial charge in [0.05, 0.1) is 0 Å². The van der Waals surface area contributed by atoms with E-state index < -0.39 is 0 Å². The van der Waals surface area contributed by atoms with E-state index in [-0.39, 0.29) is 92.3 Å². The minimum Gasteiger partial charge on any atom is -0.358 e. The van der Waals surface area contributed by atoms with Gasteiger partial charge in [0.15, 0.2) is 0 Å². The van der Waals surface area contributed by atoms with Gasteiger partial charge >= 0.3 is 0 Å². The topological polar surface area (TPSA) is 0 Å². The van der Waals surface area contributed by atoms with Crippen LogP contribution >= 0.6 is 0 Å². The molecule has 0 heterocycles. The Hall–Kier alpha value is 2.84. The van der Waals surface area contributed by atoms with Crippen molar-refractivity contribution >= 4 is 0 Å². The summed E-state index contributed by atoms with van der Waals surface area (Å²) in [6, 6.07) is 0. The summed E-state index contributed by atoms with van der Waals surface area (Å²) < 4.78 is 0. The minimum atomic E-state index is 0. The van der Waals surface area contributed by atoms with Crippen molar-refractivity contribution in [1.29, 1.82) is 0 Å². The second-order valence-electron chi connectivity index (χ2n) is 1.50. The molecule has 0 bridgehead atoms. The first kappa shape index (κ1) is 30.8. The van der Waals surface area contributed by atoms with Crippen LogP contribution in [-0.4, -0.2) is 0 Å². The minimum absolute atomic E-state index is 0. The van der Waals surface area contributed by atoms with Crippen molar-refractivity contribution in [2.24, 2.45) is 0 Å². The van der Waals surface area contributed by atoms with Crippen LogP contribution < -0.4 is 0 Å². The molecule has 3 heteroatoms. The van der Waals surface area contributed by atoms with Gasteiger partial charge in [-0.2, -0.15) is 20.8 Å². The molecular weight excluding hydrogens is 571 g/mol. The van der Waals surface area contributed by atoms with Gasteiger partial charge in [-0.1, -0.05) is 0 Å². The molecule has 0 aliphatic heterocycles. The molecule has 0 spiro atoms. The zero-order valence-corrected chi connectivity index (χ0v) is 15.9. The van der Waals surface area contributed by atoms with Crippen molar-refractivity contribution in [3.63, 3.8) is 0 Å². The van der Waals surface area contributed by atoms with Crippen molar-refractivity contribution in [2.45, 2.75) is 20.8 Å². The van der Waals surface area contributed by atoms with Gasteiger partial charge in [0.2, 0.25) is 0 Å². The van der Waals surface area contributed by atoms with Gasteiger partial charge in [0.1, 0.15) is 0 Å². The molecule has 0 unspecified atom stereocenters. The first-order chi connectivity index (χ1) is 1.73. The van der Waals surface area contributed by atoms with Crippen molar-refractivity contribution in [2.75, 3.05) is 0 Å². The van der Waals surface area contributed by atoms with E-state index in [9.17, 15) is 0 Å². The molecule has 47 valence electrons. The van der Waals surface area contributed by atoms with E-state index in [2.05, 4.69) is 20.8 Å². The standard InChI is InChI=1S/C4H9.CH3.U.W.Y/c1-4(2)3;;;;/h1-3H3;1H3;;;/q2*-1;;;. The first-order valence-electron chi connectivity index (χ1n) is 1.50. The zero-order chi connectivity index (χ0) is 3.58. The third-order valence-electron chi connectivity index (χ3n) is 0. The normalized spacial score (nSPS) is 4.50. The van der Waals surface area contributed by atoms with Crippen LogP contribution in [0.5, 0.6) is 0 Å². The molecule has 0 fully saturated rings. The molecule has 0 aromatic heterocycles. The van der Waals surface area contributed by atoms with E-state index in [1.54, 1.807) is 0 Å². The molecule has 0 amide bonds. The maximum absolute atomic E-state index is 2.08. The van der Waals surface area contributed by atoms with Crippen molar-refractivity contribution < 1.29 is 84.9 Å².